The van der Waals surface area contributed by atoms with Crippen LogP contribution in [0, 0.1) is 6.92 Å². The summed E-state index contributed by atoms with van der Waals surface area (Å²) in [6.07, 6.45) is 0. The summed E-state index contributed by atoms with van der Waals surface area (Å²) in [6.45, 7) is 6.75. The van der Waals surface area contributed by atoms with Crippen LogP contribution in [0.15, 0.2) is 65.7 Å². The molecule has 4 rings (SSSR count). The molecule has 1 aliphatic rings. The van der Waals surface area contributed by atoms with E-state index < -0.39 is 0 Å². The molecule has 1 amide bonds. The Morgan fingerprint density at radius 1 is 0.960 bits per heavy atom. The summed E-state index contributed by atoms with van der Waals surface area (Å²) in [5.74, 6) is 0.135. The molecule has 1 aliphatic heterocycles. The summed E-state index contributed by atoms with van der Waals surface area (Å²) in [7, 11) is 0. The van der Waals surface area contributed by atoms with Gasteiger partial charge in [0.25, 0.3) is 5.91 Å². The van der Waals surface area contributed by atoms with Gasteiger partial charge in [-0.15, -0.1) is 0 Å². The van der Waals surface area contributed by atoms with Crippen molar-refractivity contribution in [3.8, 4) is 0 Å². The minimum absolute atomic E-state index is 0.0103. The third-order valence-corrected chi connectivity index (χ3v) is 5.31. The highest BCUT2D eigenvalue weighted by Crippen LogP contribution is 2.42. The van der Waals surface area contributed by atoms with Crippen molar-refractivity contribution in [1.82, 2.24) is 9.88 Å². The molecule has 0 bridgehead atoms. The Morgan fingerprint density at radius 3 is 2.40 bits per heavy atom. The quantitative estimate of drug-likeness (QED) is 0.729. The van der Waals surface area contributed by atoms with Crippen LogP contribution in [0.1, 0.15) is 36.7 Å². The van der Waals surface area contributed by atoms with Crippen molar-refractivity contribution in [1.29, 1.82) is 0 Å². The van der Waals surface area contributed by atoms with E-state index in [0.717, 1.165) is 27.9 Å². The van der Waals surface area contributed by atoms with Gasteiger partial charge in [0.05, 0.1) is 6.04 Å². The Labute approximate surface area is 148 Å². The number of aryl methyl sites for hydroxylation is 1. The lowest BCUT2D eigenvalue weighted by atomic mass is 9.96. The lowest BCUT2D eigenvalue weighted by Crippen LogP contribution is -2.29. The Balaban J connectivity index is 1.84. The normalized spacial score (nSPS) is 17.8. The smallest absolute Gasteiger partial charge is 0.250 e. The molecular weight excluding hydrogens is 308 g/mol. The number of aromatic amines is 1. The fourth-order valence-electron chi connectivity index (χ4n) is 3.91. The maximum Gasteiger partial charge on any atom is 0.250 e. The lowest BCUT2D eigenvalue weighted by molar-refractivity contribution is -0.127. The lowest BCUT2D eigenvalue weighted by Gasteiger charge is -2.27. The van der Waals surface area contributed by atoms with Crippen molar-refractivity contribution in [2.45, 2.75) is 33.4 Å². The first-order chi connectivity index (χ1) is 12.1. The molecule has 3 heteroatoms. The van der Waals surface area contributed by atoms with E-state index in [4.69, 9.17) is 0 Å². The van der Waals surface area contributed by atoms with Gasteiger partial charge in [-0.1, -0.05) is 48.5 Å². The number of para-hydroxylation sites is 1. The van der Waals surface area contributed by atoms with Gasteiger partial charge in [0.2, 0.25) is 0 Å². The van der Waals surface area contributed by atoms with Crippen LogP contribution in [0.4, 0.5) is 0 Å². The van der Waals surface area contributed by atoms with Crippen LogP contribution < -0.4 is 0 Å². The molecule has 3 nitrogen and oxygen atoms in total. The molecule has 1 aromatic heterocycles. The molecule has 126 valence electrons. The zero-order valence-electron chi connectivity index (χ0n) is 14.8. The molecule has 0 radical (unpaired) electrons. The van der Waals surface area contributed by atoms with Gasteiger partial charge >= 0.3 is 0 Å². The maximum atomic E-state index is 12.9. The Bertz CT molecular complexity index is 982. The zero-order valence-corrected chi connectivity index (χ0v) is 14.8. The van der Waals surface area contributed by atoms with E-state index in [1.54, 1.807) is 0 Å². The van der Waals surface area contributed by atoms with Crippen LogP contribution in [0.3, 0.4) is 0 Å². The van der Waals surface area contributed by atoms with Gasteiger partial charge in [-0.2, -0.15) is 0 Å². The van der Waals surface area contributed by atoms with Gasteiger partial charge < -0.3 is 9.88 Å². The van der Waals surface area contributed by atoms with Crippen molar-refractivity contribution in [3.63, 3.8) is 0 Å². The largest absolute Gasteiger partial charge is 0.358 e. The number of fused-ring (bicyclic) bond motifs is 1. The molecule has 1 atom stereocenters. The summed E-state index contributed by atoms with van der Waals surface area (Å²) in [5, 5.41) is 1.20. The zero-order chi connectivity index (χ0) is 17.6. The number of nitrogens with one attached hydrogen (secondary N) is 1. The number of benzene rings is 2. The van der Waals surface area contributed by atoms with Crippen molar-refractivity contribution >= 4 is 16.8 Å². The van der Waals surface area contributed by atoms with E-state index in [1.807, 2.05) is 36.1 Å². The van der Waals surface area contributed by atoms with Gasteiger partial charge in [-0.25, -0.2) is 0 Å². The first-order valence-corrected chi connectivity index (χ1v) is 8.67. The number of hydrogen-bond acceptors (Lipinski definition) is 1. The molecule has 2 heterocycles. The number of nitrogens with zero attached hydrogens (tertiary/aromatic N) is 1. The average molecular weight is 330 g/mol. The standard InChI is InChI=1S/C22H22N2O/c1-14-15(2)22(25)24(13-17-9-5-4-6-10-17)21(14)20-16(3)23-19-12-8-7-11-18(19)20/h4-12,21,23H,13H2,1-3H3. The predicted octanol–water partition coefficient (Wildman–Crippen LogP) is 4.90. The molecule has 0 saturated carbocycles. The second-order valence-electron chi connectivity index (χ2n) is 6.84. The summed E-state index contributed by atoms with van der Waals surface area (Å²) in [4.78, 5) is 18.4. The van der Waals surface area contributed by atoms with Crippen LogP contribution in [-0.4, -0.2) is 15.8 Å². The number of carbonyl (C=O) groups is 1. The van der Waals surface area contributed by atoms with Gasteiger partial charge in [0.15, 0.2) is 0 Å². The Kier molecular flexibility index (Phi) is 3.72. The topological polar surface area (TPSA) is 36.1 Å². The second kappa shape index (κ2) is 5.92. The van der Waals surface area contributed by atoms with E-state index in [0.29, 0.717) is 6.54 Å². The van der Waals surface area contributed by atoms with Crippen LogP contribution in [-0.2, 0) is 11.3 Å². The summed E-state index contributed by atoms with van der Waals surface area (Å²) in [5.41, 5.74) is 6.64. The van der Waals surface area contributed by atoms with Gasteiger partial charge in [-0.05, 0) is 38.0 Å². The SMILES string of the molecule is CC1=C(C)C(c2c(C)[nH]c3ccccc23)N(Cc2ccccc2)C1=O. The van der Waals surface area contributed by atoms with Crippen molar-refractivity contribution in [2.75, 3.05) is 0 Å². The Hall–Kier alpha value is -2.81. The number of hydrogen-bond donors (Lipinski definition) is 1. The fraction of sp³-hybridized carbons (Fsp3) is 0.227. The van der Waals surface area contributed by atoms with Gasteiger partial charge in [0.1, 0.15) is 0 Å². The van der Waals surface area contributed by atoms with E-state index in [-0.39, 0.29) is 11.9 Å². The molecule has 3 aromatic rings. The fourth-order valence-corrected chi connectivity index (χ4v) is 3.91. The summed E-state index contributed by atoms with van der Waals surface area (Å²) >= 11 is 0. The van der Waals surface area contributed by atoms with Crippen LogP contribution in [0.25, 0.3) is 10.9 Å². The first-order valence-electron chi connectivity index (χ1n) is 8.67. The third kappa shape index (κ3) is 2.47. The minimum atomic E-state index is -0.0103. The average Bonchev–Trinajstić information content (AvgIpc) is 3.05. The highest BCUT2D eigenvalue weighted by atomic mass is 16.2. The van der Waals surface area contributed by atoms with E-state index in [2.05, 4.69) is 49.2 Å². The highest BCUT2D eigenvalue weighted by Gasteiger charge is 2.37. The molecular formula is C22H22N2O. The predicted molar refractivity (Wildman–Crippen MR) is 101 cm³/mol. The second-order valence-corrected chi connectivity index (χ2v) is 6.84. The maximum absolute atomic E-state index is 12.9. The summed E-state index contributed by atoms with van der Waals surface area (Å²) < 4.78 is 0. The molecule has 0 spiro atoms. The monoisotopic (exact) mass is 330 g/mol. The highest BCUT2D eigenvalue weighted by molar-refractivity contribution is 5.98. The number of H-pyrrole nitrogens is 1. The van der Waals surface area contributed by atoms with Gasteiger partial charge in [0, 0.05) is 34.3 Å². The molecule has 0 fully saturated rings. The van der Waals surface area contributed by atoms with Crippen molar-refractivity contribution < 1.29 is 4.79 Å². The number of carbonyl (C=O) groups excluding carboxylic acids is 1. The van der Waals surface area contributed by atoms with Crippen molar-refractivity contribution in [3.05, 3.63) is 82.6 Å². The Morgan fingerprint density at radius 2 is 1.64 bits per heavy atom. The van der Waals surface area contributed by atoms with Crippen molar-refractivity contribution in [2.24, 2.45) is 0 Å². The van der Waals surface area contributed by atoms with Crippen LogP contribution in [0.5, 0.6) is 0 Å². The van der Waals surface area contributed by atoms with E-state index in [1.165, 1.54) is 10.9 Å². The number of rotatable bonds is 3. The minimum Gasteiger partial charge on any atom is -0.358 e. The number of aromatic nitrogens is 1. The van der Waals surface area contributed by atoms with Crippen LogP contribution in [0.2, 0.25) is 0 Å². The molecule has 1 N–H and O–H groups in total. The van der Waals surface area contributed by atoms with E-state index in [9.17, 15) is 4.79 Å². The molecule has 0 aliphatic carbocycles. The number of amides is 1. The third-order valence-electron chi connectivity index (χ3n) is 5.31. The van der Waals surface area contributed by atoms with Crippen LogP contribution >= 0.6 is 0 Å². The molecule has 2 aromatic carbocycles. The van der Waals surface area contributed by atoms with E-state index >= 15 is 0 Å². The molecule has 0 saturated heterocycles. The molecule has 1 unspecified atom stereocenters. The summed E-state index contributed by atoms with van der Waals surface area (Å²) in [6, 6.07) is 18.5. The molecule has 25 heavy (non-hydrogen) atoms. The van der Waals surface area contributed by atoms with Gasteiger partial charge in [-0.3, -0.25) is 4.79 Å². The first kappa shape index (κ1) is 15.7.